The number of guanidine groups is 1. The quantitative estimate of drug-likeness (QED) is 0.383. The highest BCUT2D eigenvalue weighted by Crippen LogP contribution is 2.32. The van der Waals surface area contributed by atoms with E-state index in [0.717, 1.165) is 50.6 Å². The van der Waals surface area contributed by atoms with Crippen LogP contribution >= 0.6 is 0 Å². The minimum atomic E-state index is -0.470. The van der Waals surface area contributed by atoms with E-state index >= 15 is 0 Å². The van der Waals surface area contributed by atoms with Crippen LogP contribution < -0.4 is 5.32 Å². The lowest BCUT2D eigenvalue weighted by Crippen LogP contribution is -2.52. The molecule has 1 N–H and O–H groups in total. The van der Waals surface area contributed by atoms with Crippen molar-refractivity contribution >= 4 is 12.1 Å². The second-order valence-corrected chi connectivity index (χ2v) is 9.50. The molecule has 1 amide bonds. The number of carbonyl (C=O) groups is 1. The monoisotopic (exact) mass is 430 g/mol. The third-order valence-corrected chi connectivity index (χ3v) is 5.59. The number of piperidine rings is 1. The summed E-state index contributed by atoms with van der Waals surface area (Å²) in [4.78, 5) is 21.9. The van der Waals surface area contributed by atoms with Crippen molar-refractivity contribution in [2.24, 2.45) is 10.9 Å². The molecule has 2 fully saturated rings. The van der Waals surface area contributed by atoms with Crippen LogP contribution in [0.15, 0.2) is 40.5 Å². The van der Waals surface area contributed by atoms with Crippen LogP contribution in [-0.2, 0) is 11.2 Å². The molecule has 7 heteroatoms. The molecule has 1 saturated carbocycles. The number of ether oxygens (including phenoxy) is 1. The normalized spacial score (nSPS) is 18.0. The molecule has 7 nitrogen and oxygen atoms in total. The molecule has 1 saturated heterocycles. The van der Waals surface area contributed by atoms with Crippen molar-refractivity contribution < 1.29 is 13.9 Å². The summed E-state index contributed by atoms with van der Waals surface area (Å²) < 4.78 is 11.1. The van der Waals surface area contributed by atoms with E-state index in [1.807, 2.05) is 43.9 Å². The number of likely N-dealkylation sites (tertiary alicyclic amines) is 1. The van der Waals surface area contributed by atoms with Crippen molar-refractivity contribution in [3.63, 3.8) is 0 Å². The molecule has 0 bridgehead atoms. The first kappa shape index (κ1) is 23.2. The van der Waals surface area contributed by atoms with E-state index in [2.05, 4.69) is 16.8 Å². The van der Waals surface area contributed by atoms with Crippen LogP contribution in [0.25, 0.3) is 0 Å². The van der Waals surface area contributed by atoms with Gasteiger partial charge in [-0.3, -0.25) is 4.99 Å². The summed E-state index contributed by atoms with van der Waals surface area (Å²) in [7, 11) is 0. The smallest absolute Gasteiger partial charge is 0.410 e. The van der Waals surface area contributed by atoms with Crippen molar-refractivity contribution in [3.05, 3.63) is 36.8 Å². The highest BCUT2D eigenvalue weighted by molar-refractivity contribution is 5.80. The number of amides is 1. The van der Waals surface area contributed by atoms with Gasteiger partial charge in [-0.2, -0.15) is 0 Å². The van der Waals surface area contributed by atoms with Crippen LogP contribution in [-0.4, -0.2) is 66.2 Å². The zero-order valence-corrected chi connectivity index (χ0v) is 19.3. The van der Waals surface area contributed by atoms with E-state index < -0.39 is 5.60 Å². The zero-order chi connectivity index (χ0) is 22.3. The predicted octanol–water partition coefficient (Wildman–Crippen LogP) is 4.07. The highest BCUT2D eigenvalue weighted by atomic mass is 16.6. The van der Waals surface area contributed by atoms with Crippen LogP contribution in [0.1, 0.15) is 52.2 Å². The molecule has 172 valence electrons. The molecule has 1 aliphatic carbocycles. The van der Waals surface area contributed by atoms with Gasteiger partial charge in [-0.05, 0) is 64.5 Å². The minimum absolute atomic E-state index is 0.171. The summed E-state index contributed by atoms with van der Waals surface area (Å²) in [5.74, 6) is 2.48. The average molecular weight is 431 g/mol. The standard InChI is InChI=1S/C24H38N4O3/c1-5-13-25-22(26-14-10-21-7-6-17-30-21)27-15-11-20(12-16-27)28(18-19-8-9-19)23(29)31-24(2,3)4/h5-7,17,19-20H,1,8-16,18H2,2-4H3,(H,25,26). The molecule has 0 unspecified atom stereocenters. The van der Waals surface area contributed by atoms with Crippen molar-refractivity contribution in [2.75, 3.05) is 32.7 Å². The molecule has 3 rings (SSSR count). The number of nitrogens with one attached hydrogen (secondary N) is 1. The summed E-state index contributed by atoms with van der Waals surface area (Å²) in [6.07, 6.45) is 8.41. The SMILES string of the molecule is C=CCNC(=NCCc1ccco1)N1CCC(N(CC2CC2)C(=O)OC(C)(C)C)CC1. The van der Waals surface area contributed by atoms with Crippen LogP contribution in [0, 0.1) is 5.92 Å². The average Bonchev–Trinajstić information content (AvgIpc) is 3.40. The maximum Gasteiger partial charge on any atom is 0.410 e. The van der Waals surface area contributed by atoms with E-state index in [0.29, 0.717) is 19.0 Å². The van der Waals surface area contributed by atoms with Gasteiger partial charge in [0.25, 0.3) is 0 Å². The topological polar surface area (TPSA) is 70.3 Å². The Bertz CT molecular complexity index is 727. The lowest BCUT2D eigenvalue weighted by atomic mass is 10.0. The minimum Gasteiger partial charge on any atom is -0.469 e. The lowest BCUT2D eigenvalue weighted by molar-refractivity contribution is 0.00929. The van der Waals surface area contributed by atoms with Crippen molar-refractivity contribution in [3.8, 4) is 0 Å². The molecule has 0 atom stereocenters. The van der Waals surface area contributed by atoms with Gasteiger partial charge in [-0.1, -0.05) is 6.08 Å². The van der Waals surface area contributed by atoms with Crippen LogP contribution in [0.3, 0.4) is 0 Å². The lowest BCUT2D eigenvalue weighted by Gasteiger charge is -2.40. The highest BCUT2D eigenvalue weighted by Gasteiger charge is 2.35. The summed E-state index contributed by atoms with van der Waals surface area (Å²) in [6, 6.07) is 4.09. The van der Waals surface area contributed by atoms with Gasteiger partial charge in [0.15, 0.2) is 5.96 Å². The molecule has 0 spiro atoms. The Hall–Kier alpha value is -2.44. The van der Waals surface area contributed by atoms with Gasteiger partial charge in [0, 0.05) is 45.2 Å². The summed E-state index contributed by atoms with van der Waals surface area (Å²) >= 11 is 0. The fourth-order valence-corrected chi connectivity index (χ4v) is 3.82. The molecular weight excluding hydrogens is 392 g/mol. The van der Waals surface area contributed by atoms with Crippen molar-refractivity contribution in [1.29, 1.82) is 0 Å². The van der Waals surface area contributed by atoms with Gasteiger partial charge in [0.1, 0.15) is 11.4 Å². The van der Waals surface area contributed by atoms with Gasteiger partial charge in [0.05, 0.1) is 6.26 Å². The Morgan fingerprint density at radius 1 is 1.35 bits per heavy atom. The molecule has 0 aromatic carbocycles. The second kappa shape index (κ2) is 10.7. The number of carbonyl (C=O) groups excluding carboxylic acids is 1. The van der Waals surface area contributed by atoms with E-state index in [1.54, 1.807) is 6.26 Å². The molecule has 31 heavy (non-hydrogen) atoms. The Balaban J connectivity index is 1.58. The fourth-order valence-electron chi connectivity index (χ4n) is 3.82. The van der Waals surface area contributed by atoms with Crippen LogP contribution in [0.5, 0.6) is 0 Å². The number of furan rings is 1. The molecule has 1 aromatic rings. The van der Waals surface area contributed by atoms with Crippen LogP contribution in [0.4, 0.5) is 4.79 Å². The molecule has 1 aliphatic heterocycles. The van der Waals surface area contributed by atoms with E-state index in [1.165, 1.54) is 12.8 Å². The van der Waals surface area contributed by atoms with Crippen LogP contribution in [0.2, 0.25) is 0 Å². The third kappa shape index (κ3) is 7.64. The van der Waals surface area contributed by atoms with E-state index in [-0.39, 0.29) is 12.1 Å². The van der Waals surface area contributed by atoms with Gasteiger partial charge in [-0.15, -0.1) is 6.58 Å². The Morgan fingerprint density at radius 2 is 2.10 bits per heavy atom. The fraction of sp³-hybridized carbons (Fsp3) is 0.667. The Morgan fingerprint density at radius 3 is 2.68 bits per heavy atom. The molecule has 2 aliphatic rings. The zero-order valence-electron chi connectivity index (χ0n) is 19.3. The largest absolute Gasteiger partial charge is 0.469 e. The van der Waals surface area contributed by atoms with Gasteiger partial charge < -0.3 is 24.3 Å². The maximum atomic E-state index is 12.9. The van der Waals surface area contributed by atoms with Crippen molar-refractivity contribution in [2.45, 2.75) is 64.5 Å². The third-order valence-electron chi connectivity index (χ3n) is 5.59. The summed E-state index contributed by atoms with van der Waals surface area (Å²) in [5.41, 5.74) is -0.470. The second-order valence-electron chi connectivity index (χ2n) is 9.50. The molecule has 1 aromatic heterocycles. The van der Waals surface area contributed by atoms with Crippen molar-refractivity contribution in [1.82, 2.24) is 15.1 Å². The first-order valence-electron chi connectivity index (χ1n) is 11.5. The number of hydrogen-bond donors (Lipinski definition) is 1. The summed E-state index contributed by atoms with van der Waals surface area (Å²) in [5, 5.41) is 3.38. The number of aliphatic imine (C=N–C) groups is 1. The Kier molecular flexibility index (Phi) is 8.04. The van der Waals surface area contributed by atoms with Gasteiger partial charge >= 0.3 is 6.09 Å². The van der Waals surface area contributed by atoms with Gasteiger partial charge in [-0.25, -0.2) is 4.79 Å². The predicted molar refractivity (Wildman–Crippen MR) is 123 cm³/mol. The molecule has 2 heterocycles. The molecule has 0 radical (unpaired) electrons. The first-order valence-corrected chi connectivity index (χ1v) is 11.5. The summed E-state index contributed by atoms with van der Waals surface area (Å²) in [6.45, 7) is 13.5. The number of nitrogens with zero attached hydrogens (tertiary/aromatic N) is 3. The maximum absolute atomic E-state index is 12.9. The van der Waals surface area contributed by atoms with E-state index in [9.17, 15) is 4.79 Å². The van der Waals surface area contributed by atoms with E-state index in [4.69, 9.17) is 14.1 Å². The molecular formula is C24H38N4O3. The first-order chi connectivity index (χ1) is 14.9. The Labute approximate surface area is 186 Å². The number of rotatable bonds is 8. The van der Waals surface area contributed by atoms with Gasteiger partial charge in [0.2, 0.25) is 0 Å². The number of hydrogen-bond acceptors (Lipinski definition) is 4.